The zero-order valence-electron chi connectivity index (χ0n) is 9.05. The Morgan fingerprint density at radius 3 is 2.75 bits per heavy atom. The highest BCUT2D eigenvalue weighted by Crippen LogP contribution is 2.27. The molecule has 0 aromatic heterocycles. The number of rotatable bonds is 3. The fourth-order valence-corrected chi connectivity index (χ4v) is 1.78. The fourth-order valence-electron chi connectivity index (χ4n) is 1.78. The summed E-state index contributed by atoms with van der Waals surface area (Å²) in [5.41, 5.74) is 0.785. The van der Waals surface area contributed by atoms with Crippen LogP contribution in [0.25, 0.3) is 10.8 Å². The lowest BCUT2D eigenvalue weighted by atomic mass is 10.0. The van der Waals surface area contributed by atoms with Gasteiger partial charge >= 0.3 is 0 Å². The van der Waals surface area contributed by atoms with Crippen molar-refractivity contribution in [3.63, 3.8) is 0 Å². The van der Waals surface area contributed by atoms with Gasteiger partial charge in [0.2, 0.25) is 6.41 Å². The first-order chi connectivity index (χ1) is 7.72. The Hall–Kier alpha value is -2.03. The summed E-state index contributed by atoms with van der Waals surface area (Å²) in [7, 11) is 1.69. The third-order valence-electron chi connectivity index (χ3n) is 2.60. The second kappa shape index (κ2) is 4.23. The first-order valence-electron chi connectivity index (χ1n) is 5.07. The van der Waals surface area contributed by atoms with E-state index in [2.05, 4.69) is 0 Å². The number of carbonyl (C=O) groups is 1. The highest BCUT2D eigenvalue weighted by Gasteiger charge is 2.08. The van der Waals surface area contributed by atoms with Gasteiger partial charge in [-0.05, 0) is 16.8 Å². The Labute approximate surface area is 93.9 Å². The zero-order chi connectivity index (χ0) is 11.5. The third-order valence-corrected chi connectivity index (χ3v) is 2.60. The van der Waals surface area contributed by atoms with Crippen LogP contribution in [0.15, 0.2) is 36.4 Å². The zero-order valence-corrected chi connectivity index (χ0v) is 9.05. The van der Waals surface area contributed by atoms with Gasteiger partial charge in [-0.25, -0.2) is 0 Å². The van der Waals surface area contributed by atoms with E-state index >= 15 is 0 Å². The second-order valence-electron chi connectivity index (χ2n) is 3.80. The third kappa shape index (κ3) is 1.84. The largest absolute Gasteiger partial charge is 0.508 e. The molecule has 0 atom stereocenters. The molecular weight excluding hydrogens is 202 g/mol. The van der Waals surface area contributed by atoms with Crippen LogP contribution >= 0.6 is 0 Å². The van der Waals surface area contributed by atoms with Gasteiger partial charge in [-0.2, -0.15) is 0 Å². The van der Waals surface area contributed by atoms with Crippen LogP contribution in [0.5, 0.6) is 5.75 Å². The van der Waals surface area contributed by atoms with E-state index < -0.39 is 0 Å². The van der Waals surface area contributed by atoms with Crippen LogP contribution in [-0.2, 0) is 11.3 Å². The number of phenols is 1. The SMILES string of the molecule is CN(C=O)Cc1c(O)ccc2ccccc12. The fraction of sp³-hybridized carbons (Fsp3) is 0.154. The quantitative estimate of drug-likeness (QED) is 0.797. The number of amides is 1. The van der Waals surface area contributed by atoms with E-state index in [0.717, 1.165) is 22.7 Å². The molecule has 2 aromatic rings. The number of fused-ring (bicyclic) bond motifs is 1. The van der Waals surface area contributed by atoms with Crippen molar-refractivity contribution >= 4 is 17.2 Å². The summed E-state index contributed by atoms with van der Waals surface area (Å²) in [5.74, 6) is 0.229. The topological polar surface area (TPSA) is 40.5 Å². The van der Waals surface area contributed by atoms with Crippen molar-refractivity contribution in [2.75, 3.05) is 7.05 Å². The Kier molecular flexibility index (Phi) is 2.77. The molecule has 0 heterocycles. The summed E-state index contributed by atoms with van der Waals surface area (Å²) in [6.07, 6.45) is 0.751. The van der Waals surface area contributed by atoms with Crippen molar-refractivity contribution in [3.8, 4) is 5.75 Å². The molecule has 0 aliphatic rings. The lowest BCUT2D eigenvalue weighted by molar-refractivity contribution is -0.117. The predicted octanol–water partition coefficient (Wildman–Crippen LogP) is 2.13. The minimum atomic E-state index is 0.229. The molecule has 0 spiro atoms. The van der Waals surface area contributed by atoms with Gasteiger partial charge in [0.1, 0.15) is 5.75 Å². The average molecular weight is 215 g/mol. The average Bonchev–Trinajstić information content (AvgIpc) is 2.32. The van der Waals surface area contributed by atoms with Crippen LogP contribution in [-0.4, -0.2) is 23.5 Å². The maximum absolute atomic E-state index is 10.6. The Morgan fingerprint density at radius 2 is 2.00 bits per heavy atom. The molecule has 0 aliphatic carbocycles. The van der Waals surface area contributed by atoms with Gasteiger partial charge < -0.3 is 10.0 Å². The van der Waals surface area contributed by atoms with Gasteiger partial charge in [0.15, 0.2) is 0 Å². The number of phenolic OH excluding ortho intramolecular Hbond substituents is 1. The standard InChI is InChI=1S/C13H13NO2/c1-14(9-15)8-12-11-5-3-2-4-10(11)6-7-13(12)16/h2-7,9,16H,8H2,1H3. The van der Waals surface area contributed by atoms with Crippen LogP contribution in [0.3, 0.4) is 0 Å². The van der Waals surface area contributed by atoms with Gasteiger partial charge in [0.05, 0.1) is 0 Å². The van der Waals surface area contributed by atoms with Crippen molar-refractivity contribution in [2.45, 2.75) is 6.54 Å². The first-order valence-corrected chi connectivity index (χ1v) is 5.07. The van der Waals surface area contributed by atoms with E-state index in [-0.39, 0.29) is 5.75 Å². The van der Waals surface area contributed by atoms with E-state index in [9.17, 15) is 9.90 Å². The van der Waals surface area contributed by atoms with Gasteiger partial charge in [-0.15, -0.1) is 0 Å². The van der Waals surface area contributed by atoms with Gasteiger partial charge in [-0.1, -0.05) is 30.3 Å². The first kappa shape index (κ1) is 10.5. The molecule has 1 amide bonds. The second-order valence-corrected chi connectivity index (χ2v) is 3.80. The van der Waals surface area contributed by atoms with E-state index in [1.165, 1.54) is 4.90 Å². The molecule has 16 heavy (non-hydrogen) atoms. The lowest BCUT2D eigenvalue weighted by Gasteiger charge is -2.14. The molecule has 0 saturated heterocycles. The monoisotopic (exact) mass is 215 g/mol. The highest BCUT2D eigenvalue weighted by molar-refractivity contribution is 5.87. The molecule has 3 heteroatoms. The number of carbonyl (C=O) groups excluding carboxylic acids is 1. The van der Waals surface area contributed by atoms with E-state index in [1.807, 2.05) is 30.3 Å². The summed E-state index contributed by atoms with van der Waals surface area (Å²) in [5, 5.41) is 11.9. The summed E-state index contributed by atoms with van der Waals surface area (Å²) in [4.78, 5) is 12.1. The maximum atomic E-state index is 10.6. The van der Waals surface area contributed by atoms with Crippen molar-refractivity contribution in [1.82, 2.24) is 4.90 Å². The number of hydrogen-bond acceptors (Lipinski definition) is 2. The van der Waals surface area contributed by atoms with Crippen LogP contribution in [0, 0.1) is 0 Å². The van der Waals surface area contributed by atoms with Crippen LogP contribution < -0.4 is 0 Å². The van der Waals surface area contributed by atoms with E-state index in [0.29, 0.717) is 6.54 Å². The summed E-state index contributed by atoms with van der Waals surface area (Å²) >= 11 is 0. The highest BCUT2D eigenvalue weighted by atomic mass is 16.3. The number of nitrogens with zero attached hydrogens (tertiary/aromatic N) is 1. The van der Waals surface area contributed by atoms with Crippen LogP contribution in [0.4, 0.5) is 0 Å². The molecule has 82 valence electrons. The molecule has 1 N–H and O–H groups in total. The smallest absolute Gasteiger partial charge is 0.209 e. The number of benzene rings is 2. The van der Waals surface area contributed by atoms with E-state index in [1.54, 1.807) is 13.1 Å². The van der Waals surface area contributed by atoms with Crippen LogP contribution in [0.2, 0.25) is 0 Å². The number of hydrogen-bond donors (Lipinski definition) is 1. The van der Waals surface area contributed by atoms with E-state index in [4.69, 9.17) is 0 Å². The van der Waals surface area contributed by atoms with Gasteiger partial charge in [-0.3, -0.25) is 4.79 Å². The van der Waals surface area contributed by atoms with Crippen molar-refractivity contribution < 1.29 is 9.90 Å². The minimum Gasteiger partial charge on any atom is -0.508 e. The normalized spacial score (nSPS) is 10.3. The van der Waals surface area contributed by atoms with Crippen molar-refractivity contribution in [1.29, 1.82) is 0 Å². The Balaban J connectivity index is 2.56. The predicted molar refractivity (Wildman–Crippen MR) is 63.1 cm³/mol. The Bertz CT molecular complexity index is 522. The molecule has 2 aromatic carbocycles. The van der Waals surface area contributed by atoms with Gasteiger partial charge in [0, 0.05) is 19.2 Å². The molecule has 0 bridgehead atoms. The number of aromatic hydroxyl groups is 1. The summed E-state index contributed by atoms with van der Waals surface area (Å²) < 4.78 is 0. The van der Waals surface area contributed by atoms with Crippen LogP contribution in [0.1, 0.15) is 5.56 Å². The molecule has 0 radical (unpaired) electrons. The molecule has 2 rings (SSSR count). The molecule has 0 saturated carbocycles. The molecule has 3 nitrogen and oxygen atoms in total. The molecular formula is C13H13NO2. The molecule has 0 aliphatic heterocycles. The lowest BCUT2D eigenvalue weighted by Crippen LogP contribution is -2.15. The van der Waals surface area contributed by atoms with Gasteiger partial charge in [0.25, 0.3) is 0 Å². The Morgan fingerprint density at radius 1 is 1.25 bits per heavy atom. The summed E-state index contributed by atoms with van der Waals surface area (Å²) in [6, 6.07) is 11.3. The minimum absolute atomic E-state index is 0.229. The summed E-state index contributed by atoms with van der Waals surface area (Å²) in [6.45, 7) is 0.413. The van der Waals surface area contributed by atoms with Crippen molar-refractivity contribution in [2.24, 2.45) is 0 Å². The van der Waals surface area contributed by atoms with Crippen molar-refractivity contribution in [3.05, 3.63) is 42.0 Å². The molecule has 0 unspecified atom stereocenters. The maximum Gasteiger partial charge on any atom is 0.209 e. The molecule has 0 fully saturated rings.